The molecule has 116 valence electrons. The molecule has 2 unspecified atom stereocenters. The van der Waals surface area contributed by atoms with Gasteiger partial charge in [0.05, 0.1) is 6.10 Å². The Morgan fingerprint density at radius 3 is 2.52 bits per heavy atom. The lowest BCUT2D eigenvalue weighted by molar-refractivity contribution is -0.157. The highest BCUT2D eigenvalue weighted by atomic mass is 16.5. The summed E-state index contributed by atoms with van der Waals surface area (Å²) in [5.41, 5.74) is 3.33. The summed E-state index contributed by atoms with van der Waals surface area (Å²) in [6.45, 7) is 9.82. The number of hydrogen-bond donors (Lipinski definition) is 1. The number of anilines is 1. The van der Waals surface area contributed by atoms with Crippen molar-refractivity contribution in [3.05, 3.63) is 29.8 Å². The first kappa shape index (κ1) is 14.9. The molecule has 1 aromatic carbocycles. The molecule has 0 amide bonds. The summed E-state index contributed by atoms with van der Waals surface area (Å²) >= 11 is 0. The molecule has 1 N–H and O–H groups in total. The molecule has 0 saturated heterocycles. The fraction of sp³-hybridized carbons (Fsp3) is 0.684. The molecule has 1 aromatic rings. The Hall–Kier alpha value is -1.02. The fourth-order valence-electron chi connectivity index (χ4n) is 4.09. The average Bonchev–Trinajstić information content (AvgIpc) is 2.34. The van der Waals surface area contributed by atoms with Crippen LogP contribution >= 0.6 is 0 Å². The topological polar surface area (TPSA) is 21.3 Å². The molecule has 2 aliphatic carbocycles. The van der Waals surface area contributed by atoms with Crippen LogP contribution in [0.2, 0.25) is 0 Å². The van der Waals surface area contributed by atoms with E-state index in [1.807, 2.05) is 0 Å². The second kappa shape index (κ2) is 5.31. The zero-order chi connectivity index (χ0) is 15.1. The third-order valence-corrected chi connectivity index (χ3v) is 5.50. The largest absolute Gasteiger partial charge is 0.381 e. The molecule has 0 aliphatic heterocycles. The summed E-state index contributed by atoms with van der Waals surface area (Å²) in [6, 6.07) is 9.37. The van der Waals surface area contributed by atoms with Crippen LogP contribution in [0.15, 0.2) is 24.3 Å². The van der Waals surface area contributed by atoms with Crippen molar-refractivity contribution in [1.29, 1.82) is 0 Å². The Bertz CT molecular complexity index is 499. The summed E-state index contributed by atoms with van der Waals surface area (Å²) in [4.78, 5) is 0. The van der Waals surface area contributed by atoms with Crippen LogP contribution in [0.25, 0.3) is 0 Å². The average molecular weight is 287 g/mol. The van der Waals surface area contributed by atoms with Crippen LogP contribution < -0.4 is 5.32 Å². The molecule has 2 fully saturated rings. The van der Waals surface area contributed by atoms with Crippen molar-refractivity contribution < 1.29 is 4.74 Å². The van der Waals surface area contributed by atoms with E-state index in [0.29, 0.717) is 17.6 Å². The molecule has 2 nitrogen and oxygen atoms in total. The Balaban J connectivity index is 1.77. The van der Waals surface area contributed by atoms with Gasteiger partial charge in [0.1, 0.15) is 0 Å². The first-order valence-electron chi connectivity index (χ1n) is 8.45. The molecule has 0 bridgehead atoms. The molecule has 21 heavy (non-hydrogen) atoms. The zero-order valence-electron chi connectivity index (χ0n) is 13.9. The minimum absolute atomic E-state index is 0.180. The number of benzene rings is 1. The maximum atomic E-state index is 5.96. The number of hydrogen-bond acceptors (Lipinski definition) is 2. The Kier molecular flexibility index (Phi) is 3.77. The lowest BCUT2D eigenvalue weighted by Crippen LogP contribution is -2.64. The lowest BCUT2D eigenvalue weighted by atomic mass is 9.51. The molecule has 0 aromatic heterocycles. The van der Waals surface area contributed by atoms with Crippen molar-refractivity contribution in [2.24, 2.45) is 5.41 Å². The number of para-hydroxylation sites is 1. The monoisotopic (exact) mass is 287 g/mol. The molecule has 2 heteroatoms. The van der Waals surface area contributed by atoms with Crippen LogP contribution in [0.3, 0.4) is 0 Å². The predicted octanol–water partition coefficient (Wildman–Crippen LogP) is 4.74. The first-order chi connectivity index (χ1) is 9.97. The van der Waals surface area contributed by atoms with Crippen molar-refractivity contribution >= 4 is 5.69 Å². The van der Waals surface area contributed by atoms with Gasteiger partial charge in [-0.15, -0.1) is 0 Å². The third kappa shape index (κ3) is 2.48. The van der Waals surface area contributed by atoms with Crippen LogP contribution in [-0.4, -0.2) is 18.8 Å². The number of ether oxygens (including phenoxy) is 1. The molecule has 2 saturated carbocycles. The molecule has 2 atom stereocenters. The summed E-state index contributed by atoms with van der Waals surface area (Å²) < 4.78 is 5.96. The maximum Gasteiger partial charge on any atom is 0.0670 e. The number of rotatable bonds is 4. The van der Waals surface area contributed by atoms with Crippen molar-refractivity contribution in [3.63, 3.8) is 0 Å². The molecule has 2 aliphatic rings. The van der Waals surface area contributed by atoms with Crippen LogP contribution in [-0.2, 0) is 10.2 Å². The van der Waals surface area contributed by atoms with Crippen LogP contribution in [0, 0.1) is 5.41 Å². The number of nitrogens with one attached hydrogen (secondary N) is 1. The Morgan fingerprint density at radius 2 is 1.95 bits per heavy atom. The van der Waals surface area contributed by atoms with E-state index in [1.165, 1.54) is 30.5 Å². The van der Waals surface area contributed by atoms with Gasteiger partial charge >= 0.3 is 0 Å². The predicted molar refractivity (Wildman–Crippen MR) is 88.9 cm³/mol. The summed E-state index contributed by atoms with van der Waals surface area (Å²) in [5, 5.41) is 3.85. The van der Waals surface area contributed by atoms with E-state index in [2.05, 4.69) is 57.3 Å². The molecule has 1 spiro atoms. The first-order valence-corrected chi connectivity index (χ1v) is 8.45. The van der Waals surface area contributed by atoms with Crippen LogP contribution in [0.4, 0.5) is 5.69 Å². The quantitative estimate of drug-likeness (QED) is 0.863. The standard InChI is InChI=1S/C19H29NO/c1-5-21-17-13-16(19(17)11-8-12-19)20-15-10-7-6-9-14(15)18(2,3)4/h6-7,9-10,16-17,20H,5,8,11-13H2,1-4H3. The van der Waals surface area contributed by atoms with E-state index in [4.69, 9.17) is 4.74 Å². The van der Waals surface area contributed by atoms with Gasteiger partial charge in [-0.2, -0.15) is 0 Å². The second-order valence-corrected chi connectivity index (χ2v) is 7.76. The highest BCUT2D eigenvalue weighted by Gasteiger charge is 2.59. The van der Waals surface area contributed by atoms with Crippen molar-refractivity contribution in [2.75, 3.05) is 11.9 Å². The molecule has 0 heterocycles. The van der Waals surface area contributed by atoms with Gasteiger partial charge in [0, 0.05) is 23.8 Å². The minimum atomic E-state index is 0.180. The highest BCUT2D eigenvalue weighted by molar-refractivity contribution is 5.55. The van der Waals surface area contributed by atoms with Crippen molar-refractivity contribution in [3.8, 4) is 0 Å². The Labute approximate surface area is 129 Å². The van der Waals surface area contributed by atoms with Gasteiger partial charge < -0.3 is 10.1 Å². The smallest absolute Gasteiger partial charge is 0.0670 e. The Morgan fingerprint density at radius 1 is 1.24 bits per heavy atom. The van der Waals surface area contributed by atoms with E-state index >= 15 is 0 Å². The second-order valence-electron chi connectivity index (χ2n) is 7.76. The van der Waals surface area contributed by atoms with Gasteiger partial charge in [-0.05, 0) is 43.2 Å². The van der Waals surface area contributed by atoms with Crippen molar-refractivity contribution in [2.45, 2.75) is 70.9 Å². The van der Waals surface area contributed by atoms with Gasteiger partial charge in [0.15, 0.2) is 0 Å². The lowest BCUT2D eigenvalue weighted by Gasteiger charge is -2.61. The van der Waals surface area contributed by atoms with Gasteiger partial charge in [-0.25, -0.2) is 0 Å². The summed E-state index contributed by atoms with van der Waals surface area (Å²) in [5.74, 6) is 0. The van der Waals surface area contributed by atoms with Crippen LogP contribution in [0.1, 0.15) is 58.9 Å². The summed E-state index contributed by atoms with van der Waals surface area (Å²) in [7, 11) is 0. The van der Waals surface area contributed by atoms with E-state index < -0.39 is 0 Å². The molecular formula is C19H29NO. The highest BCUT2D eigenvalue weighted by Crippen LogP contribution is 2.58. The normalized spacial score (nSPS) is 27.0. The van der Waals surface area contributed by atoms with E-state index in [1.54, 1.807) is 0 Å². The SMILES string of the molecule is CCOC1CC(Nc2ccccc2C(C)(C)C)C12CCC2. The minimum Gasteiger partial charge on any atom is -0.381 e. The van der Waals surface area contributed by atoms with Crippen molar-refractivity contribution in [1.82, 2.24) is 0 Å². The summed E-state index contributed by atoms with van der Waals surface area (Å²) in [6.07, 6.45) is 5.66. The van der Waals surface area contributed by atoms with Gasteiger partial charge in [0.2, 0.25) is 0 Å². The van der Waals surface area contributed by atoms with E-state index in [-0.39, 0.29) is 5.41 Å². The van der Waals surface area contributed by atoms with Crippen LogP contribution in [0.5, 0.6) is 0 Å². The molecule has 0 radical (unpaired) electrons. The third-order valence-electron chi connectivity index (χ3n) is 5.50. The molecule has 3 rings (SSSR count). The van der Waals surface area contributed by atoms with E-state index in [9.17, 15) is 0 Å². The van der Waals surface area contributed by atoms with Gasteiger partial charge in [-0.3, -0.25) is 0 Å². The molecular weight excluding hydrogens is 258 g/mol. The fourth-order valence-corrected chi connectivity index (χ4v) is 4.09. The maximum absolute atomic E-state index is 5.96. The zero-order valence-corrected chi connectivity index (χ0v) is 13.9. The van der Waals surface area contributed by atoms with Gasteiger partial charge in [-0.1, -0.05) is 45.4 Å². The van der Waals surface area contributed by atoms with Gasteiger partial charge in [0.25, 0.3) is 0 Å². The van der Waals surface area contributed by atoms with E-state index in [0.717, 1.165) is 13.0 Å².